The summed E-state index contributed by atoms with van der Waals surface area (Å²) in [7, 11) is 0. The molecule has 0 heterocycles. The summed E-state index contributed by atoms with van der Waals surface area (Å²) in [5, 5.41) is 44.7. The van der Waals surface area contributed by atoms with Crippen molar-refractivity contribution in [2.75, 3.05) is 19.8 Å². The van der Waals surface area contributed by atoms with E-state index < -0.39 is 44.2 Å². The molecule has 0 radical (unpaired) electrons. The van der Waals surface area contributed by atoms with Crippen molar-refractivity contribution in [3.05, 3.63) is 0 Å². The predicted molar refractivity (Wildman–Crippen MR) is 48.0 cm³/mol. The highest BCUT2D eigenvalue weighted by molar-refractivity contribution is 5.57. The molecule has 0 aliphatic carbocycles. The maximum Gasteiger partial charge on any atom is 0.151 e. The van der Waals surface area contributed by atoms with Gasteiger partial charge in [-0.3, -0.25) is 0 Å². The normalized spacial score (nSPS) is 22.3. The van der Waals surface area contributed by atoms with Crippen LogP contribution in [0, 0.1) is 0 Å². The predicted octanol–water partition coefficient (Wildman–Crippen LogP) is -3.36. The SMILES string of the molecule is [2H]C(O)CO[C@@H](C=O)[C@@H](O)[C@H](O)[C@H](O)CO. The number of aliphatic hydroxyl groups is 5. The molecule has 7 nitrogen and oxygen atoms in total. The summed E-state index contributed by atoms with van der Waals surface area (Å²) >= 11 is 0. The topological polar surface area (TPSA) is 127 Å². The van der Waals surface area contributed by atoms with Crippen molar-refractivity contribution in [2.24, 2.45) is 0 Å². The zero-order chi connectivity index (χ0) is 12.7. The fourth-order valence-electron chi connectivity index (χ4n) is 0.902. The maximum absolute atomic E-state index is 10.5. The van der Waals surface area contributed by atoms with Crippen LogP contribution in [-0.2, 0) is 9.53 Å². The lowest BCUT2D eigenvalue weighted by molar-refractivity contribution is -0.147. The van der Waals surface area contributed by atoms with Crippen LogP contribution in [0.3, 0.4) is 0 Å². The number of hydrogen-bond acceptors (Lipinski definition) is 7. The zero-order valence-electron chi connectivity index (χ0n) is 8.93. The molecular weight excluding hydrogens is 208 g/mol. The monoisotopic (exact) mass is 225 g/mol. The molecule has 0 rings (SSSR count). The molecule has 7 heteroatoms. The van der Waals surface area contributed by atoms with Crippen molar-refractivity contribution < 1.29 is 36.4 Å². The molecule has 0 saturated heterocycles. The number of carbonyl (C=O) groups is 1. The first-order chi connectivity index (χ1) is 7.43. The third kappa shape index (κ3) is 4.65. The van der Waals surface area contributed by atoms with Gasteiger partial charge in [0.15, 0.2) is 6.29 Å². The van der Waals surface area contributed by atoms with Gasteiger partial charge in [0.1, 0.15) is 24.4 Å². The second-order valence-electron chi connectivity index (χ2n) is 2.85. The number of aliphatic hydroxyl groups excluding tert-OH is 5. The molecule has 0 aromatic heterocycles. The molecule has 0 aliphatic heterocycles. The Kier molecular flexibility index (Phi) is 6.41. The summed E-state index contributed by atoms with van der Waals surface area (Å²) in [6.45, 7) is -2.89. The average Bonchev–Trinajstić information content (AvgIpc) is 2.27. The first kappa shape index (κ1) is 12.5. The van der Waals surface area contributed by atoms with Gasteiger partial charge < -0.3 is 35.1 Å². The van der Waals surface area contributed by atoms with Crippen LogP contribution in [0.25, 0.3) is 0 Å². The highest BCUT2D eigenvalue weighted by Crippen LogP contribution is 2.06. The molecule has 0 fully saturated rings. The lowest BCUT2D eigenvalue weighted by Crippen LogP contribution is -2.47. The maximum atomic E-state index is 10.5. The number of hydrogen-bond donors (Lipinski definition) is 5. The highest BCUT2D eigenvalue weighted by atomic mass is 16.5. The largest absolute Gasteiger partial charge is 0.394 e. The molecule has 1 unspecified atom stereocenters. The van der Waals surface area contributed by atoms with Crippen LogP contribution in [0.5, 0.6) is 0 Å². The minimum atomic E-state index is -1.76. The Hall–Kier alpha value is -0.570. The second-order valence-corrected chi connectivity index (χ2v) is 2.85. The second kappa shape index (κ2) is 7.69. The summed E-state index contributed by atoms with van der Waals surface area (Å²) in [6, 6.07) is 0. The molecule has 15 heavy (non-hydrogen) atoms. The van der Waals surface area contributed by atoms with E-state index in [1.54, 1.807) is 0 Å². The molecular formula is C8H16O7. The van der Waals surface area contributed by atoms with Crippen LogP contribution >= 0.6 is 0 Å². The summed E-state index contributed by atoms with van der Waals surface area (Å²) in [4.78, 5) is 10.5. The van der Waals surface area contributed by atoms with Crippen LogP contribution in [0.2, 0.25) is 0 Å². The smallest absolute Gasteiger partial charge is 0.151 e. The van der Waals surface area contributed by atoms with E-state index in [-0.39, 0.29) is 6.29 Å². The molecule has 90 valence electrons. The molecule has 0 saturated carbocycles. The van der Waals surface area contributed by atoms with Crippen LogP contribution in [-0.4, -0.2) is 76.0 Å². The standard InChI is InChI=1S/C8H16O7/c9-1-2-15-6(4-11)8(14)7(13)5(12)3-10/h4-10,12-14H,1-3H2/t5-,6+,7-,8-/m1/s1/i1D/t1?,5-,6+,7-,8-. The van der Waals surface area contributed by atoms with E-state index in [9.17, 15) is 15.0 Å². The van der Waals surface area contributed by atoms with Gasteiger partial charge >= 0.3 is 0 Å². The van der Waals surface area contributed by atoms with E-state index >= 15 is 0 Å². The quantitative estimate of drug-likeness (QED) is 0.273. The molecule has 5 N–H and O–H groups in total. The van der Waals surface area contributed by atoms with E-state index in [4.69, 9.17) is 16.7 Å². The van der Waals surface area contributed by atoms with Gasteiger partial charge in [-0.25, -0.2) is 0 Å². The third-order valence-electron chi connectivity index (χ3n) is 1.77. The fraction of sp³-hybridized carbons (Fsp3) is 0.875. The highest BCUT2D eigenvalue weighted by Gasteiger charge is 2.31. The molecule has 0 aliphatic rings. The molecule has 0 amide bonds. The Bertz CT molecular complexity index is 201. The van der Waals surface area contributed by atoms with E-state index in [1.807, 2.05) is 0 Å². The van der Waals surface area contributed by atoms with Crippen molar-refractivity contribution in [3.8, 4) is 0 Å². The van der Waals surface area contributed by atoms with Gasteiger partial charge in [0.05, 0.1) is 21.2 Å². The number of carbonyl (C=O) groups excluding carboxylic acids is 1. The number of rotatable bonds is 8. The van der Waals surface area contributed by atoms with E-state index in [1.165, 1.54) is 0 Å². The van der Waals surface area contributed by atoms with E-state index in [0.717, 1.165) is 0 Å². The Balaban J connectivity index is 4.28. The summed E-state index contributed by atoms with van der Waals surface area (Å²) in [6.07, 6.45) is -6.44. The van der Waals surface area contributed by atoms with Gasteiger partial charge in [0, 0.05) is 0 Å². The lowest BCUT2D eigenvalue weighted by Gasteiger charge is -2.25. The first-order valence-electron chi connectivity index (χ1n) is 4.84. The van der Waals surface area contributed by atoms with Crippen molar-refractivity contribution in [1.29, 1.82) is 0 Å². The van der Waals surface area contributed by atoms with Crippen LogP contribution in [0.4, 0.5) is 0 Å². The zero-order valence-corrected chi connectivity index (χ0v) is 7.93. The Labute approximate surface area is 87.9 Å². The van der Waals surface area contributed by atoms with Crippen LogP contribution in [0.1, 0.15) is 1.37 Å². The lowest BCUT2D eigenvalue weighted by atomic mass is 10.0. The fourth-order valence-corrected chi connectivity index (χ4v) is 0.902. The third-order valence-corrected chi connectivity index (χ3v) is 1.77. The van der Waals surface area contributed by atoms with Gasteiger partial charge in [0.25, 0.3) is 0 Å². The number of aldehydes is 1. The van der Waals surface area contributed by atoms with Gasteiger partial charge in [-0.15, -0.1) is 0 Å². The van der Waals surface area contributed by atoms with Gasteiger partial charge in [-0.1, -0.05) is 0 Å². The molecule has 0 aromatic carbocycles. The first-order valence-corrected chi connectivity index (χ1v) is 4.26. The van der Waals surface area contributed by atoms with Gasteiger partial charge in [0.2, 0.25) is 0 Å². The summed E-state index contributed by atoms with van der Waals surface area (Å²) < 4.78 is 11.3. The molecule has 0 aromatic rings. The molecule has 0 spiro atoms. The summed E-state index contributed by atoms with van der Waals surface area (Å²) in [5.41, 5.74) is 0. The van der Waals surface area contributed by atoms with Crippen LogP contribution in [0.15, 0.2) is 0 Å². The van der Waals surface area contributed by atoms with Crippen molar-refractivity contribution >= 4 is 6.29 Å². The Morgan fingerprint density at radius 2 is 1.87 bits per heavy atom. The number of ether oxygens (including phenoxy) is 1. The van der Waals surface area contributed by atoms with Crippen molar-refractivity contribution in [2.45, 2.75) is 24.4 Å². The minimum Gasteiger partial charge on any atom is -0.394 e. The van der Waals surface area contributed by atoms with Gasteiger partial charge in [-0.2, -0.15) is 0 Å². The van der Waals surface area contributed by atoms with Crippen molar-refractivity contribution in [1.82, 2.24) is 0 Å². The van der Waals surface area contributed by atoms with E-state index in [2.05, 4.69) is 4.74 Å². The van der Waals surface area contributed by atoms with Crippen molar-refractivity contribution in [3.63, 3.8) is 0 Å². The Morgan fingerprint density at radius 1 is 1.27 bits per heavy atom. The van der Waals surface area contributed by atoms with Crippen LogP contribution < -0.4 is 0 Å². The van der Waals surface area contributed by atoms with Gasteiger partial charge in [-0.05, 0) is 0 Å². The Morgan fingerprint density at radius 3 is 2.27 bits per heavy atom. The molecule has 0 bridgehead atoms. The molecule has 5 atom stereocenters. The van der Waals surface area contributed by atoms with E-state index in [0.29, 0.717) is 0 Å². The average molecular weight is 225 g/mol. The minimum absolute atomic E-state index is 0.167. The summed E-state index contributed by atoms with van der Waals surface area (Å²) in [5.74, 6) is 0.